The van der Waals surface area contributed by atoms with Gasteiger partial charge in [-0.05, 0) is 48.4 Å². The van der Waals surface area contributed by atoms with Gasteiger partial charge in [-0.3, -0.25) is 14.5 Å². The van der Waals surface area contributed by atoms with Crippen LogP contribution in [0.4, 0.5) is 19.0 Å². The van der Waals surface area contributed by atoms with Gasteiger partial charge in [0.15, 0.2) is 0 Å². The lowest BCUT2D eigenvalue weighted by Gasteiger charge is -2.23. The molecular weight excluding hydrogens is 585 g/mol. The predicted octanol–water partition coefficient (Wildman–Crippen LogP) is 6.75. The summed E-state index contributed by atoms with van der Waals surface area (Å²) in [5.74, 6) is -2.38. The zero-order valence-electron chi connectivity index (χ0n) is 23.6. The molecule has 1 aromatic heterocycles. The van der Waals surface area contributed by atoms with Crippen molar-refractivity contribution in [2.45, 2.75) is 18.7 Å². The summed E-state index contributed by atoms with van der Waals surface area (Å²) in [6, 6.07) is 26.1. The van der Waals surface area contributed by atoms with Crippen molar-refractivity contribution in [2.75, 3.05) is 17.2 Å². The second-order valence-corrected chi connectivity index (χ2v) is 11.5. The number of rotatable bonds is 7. The van der Waals surface area contributed by atoms with E-state index in [1.165, 1.54) is 40.9 Å². The summed E-state index contributed by atoms with van der Waals surface area (Å²) in [5.41, 5.74) is 4.28. The fourth-order valence-electron chi connectivity index (χ4n) is 5.23. The Hall–Kier alpha value is -4.83. The van der Waals surface area contributed by atoms with Crippen LogP contribution in [0.2, 0.25) is 0 Å². The molecule has 6 rings (SSSR count). The first-order valence-corrected chi connectivity index (χ1v) is 15.0. The molecule has 4 aromatic carbocycles. The molecule has 1 aliphatic rings. The Labute approximate surface area is 256 Å². The number of hydrogen-bond donors (Lipinski definition) is 1. The van der Waals surface area contributed by atoms with Crippen LogP contribution in [0.25, 0.3) is 16.9 Å². The number of halogens is 3. The average Bonchev–Trinajstić information content (AvgIpc) is 3.35. The molecule has 5 aromatic rings. The van der Waals surface area contributed by atoms with Crippen LogP contribution in [0, 0.1) is 24.4 Å². The summed E-state index contributed by atoms with van der Waals surface area (Å²) in [4.78, 5) is 28.5. The van der Waals surface area contributed by atoms with Gasteiger partial charge >= 0.3 is 0 Å². The van der Waals surface area contributed by atoms with E-state index in [9.17, 15) is 18.4 Å². The van der Waals surface area contributed by atoms with Gasteiger partial charge in [0, 0.05) is 29.3 Å². The van der Waals surface area contributed by atoms with Crippen LogP contribution >= 0.6 is 11.8 Å². The van der Waals surface area contributed by atoms with Crippen LogP contribution in [0.15, 0.2) is 97.1 Å². The third-order valence-corrected chi connectivity index (χ3v) is 8.57. The highest BCUT2D eigenvalue weighted by atomic mass is 32.2. The Morgan fingerprint density at radius 2 is 1.68 bits per heavy atom. The first-order valence-electron chi connectivity index (χ1n) is 13.9. The van der Waals surface area contributed by atoms with Gasteiger partial charge in [-0.2, -0.15) is 5.10 Å². The van der Waals surface area contributed by atoms with Crippen molar-refractivity contribution < 1.29 is 22.8 Å². The predicted molar refractivity (Wildman–Crippen MR) is 165 cm³/mol. The second kappa shape index (κ2) is 12.4. The summed E-state index contributed by atoms with van der Waals surface area (Å²) >= 11 is 1.20. The normalized spacial score (nSPS) is 14.7. The lowest BCUT2D eigenvalue weighted by Crippen LogP contribution is -2.42. The number of anilines is 1. The van der Waals surface area contributed by atoms with Crippen LogP contribution in [-0.2, 0) is 16.1 Å². The highest BCUT2D eigenvalue weighted by molar-refractivity contribution is 8.00. The number of fused-ring (bicyclic) bond motifs is 1. The number of carbonyl (C=O) groups excluding carboxylic acids is 2. The molecule has 6 nitrogen and oxygen atoms in total. The number of nitrogens with one attached hydrogen (secondary N) is 1. The van der Waals surface area contributed by atoms with Crippen LogP contribution < -0.4 is 10.2 Å². The van der Waals surface area contributed by atoms with E-state index in [2.05, 4.69) is 5.32 Å². The van der Waals surface area contributed by atoms with Crippen molar-refractivity contribution in [2.24, 2.45) is 0 Å². The zero-order chi connectivity index (χ0) is 30.8. The van der Waals surface area contributed by atoms with Crippen molar-refractivity contribution in [1.29, 1.82) is 0 Å². The fourth-order valence-corrected chi connectivity index (χ4v) is 6.45. The van der Waals surface area contributed by atoms with Gasteiger partial charge < -0.3 is 5.32 Å². The lowest BCUT2D eigenvalue weighted by atomic mass is 9.99. The highest BCUT2D eigenvalue weighted by Gasteiger charge is 2.38. The van der Waals surface area contributed by atoms with Crippen molar-refractivity contribution in [3.8, 4) is 16.9 Å². The Balaban J connectivity index is 1.51. The molecular formula is C34H27F3N4O2S. The quantitative estimate of drug-likeness (QED) is 0.221. The average molecular weight is 613 g/mol. The molecule has 44 heavy (non-hydrogen) atoms. The number of aromatic nitrogens is 2. The number of thioether (sulfide) groups is 1. The van der Waals surface area contributed by atoms with Gasteiger partial charge in [-0.1, -0.05) is 60.7 Å². The molecule has 0 aliphatic carbocycles. The maximum atomic E-state index is 15.4. The molecule has 0 bridgehead atoms. The van der Waals surface area contributed by atoms with Crippen molar-refractivity contribution >= 4 is 29.4 Å². The lowest BCUT2D eigenvalue weighted by molar-refractivity contribution is -0.123. The third-order valence-electron chi connectivity index (χ3n) is 7.33. The number of aryl methyl sites for hydroxylation is 1. The molecule has 1 atom stereocenters. The van der Waals surface area contributed by atoms with E-state index >= 15 is 4.39 Å². The second-order valence-electron chi connectivity index (χ2n) is 10.4. The van der Waals surface area contributed by atoms with E-state index in [1.807, 2.05) is 61.5 Å². The minimum atomic E-state index is -0.742. The van der Waals surface area contributed by atoms with E-state index in [0.29, 0.717) is 28.3 Å². The van der Waals surface area contributed by atoms with Gasteiger partial charge in [-0.15, -0.1) is 11.8 Å². The number of hydrogen-bond acceptors (Lipinski definition) is 4. The van der Waals surface area contributed by atoms with E-state index < -0.39 is 22.8 Å². The molecule has 10 heteroatoms. The van der Waals surface area contributed by atoms with Crippen LogP contribution in [0.3, 0.4) is 0 Å². The Morgan fingerprint density at radius 1 is 0.932 bits per heavy atom. The summed E-state index contributed by atoms with van der Waals surface area (Å²) in [5, 5.41) is 7.05. The van der Waals surface area contributed by atoms with E-state index in [1.54, 1.807) is 16.8 Å². The zero-order valence-corrected chi connectivity index (χ0v) is 24.5. The Bertz CT molecular complexity index is 1840. The molecule has 2 heterocycles. The minimum absolute atomic E-state index is 0.0660. The first-order chi connectivity index (χ1) is 21.3. The molecule has 1 unspecified atom stereocenters. The number of nitrogens with zero attached hydrogens (tertiary/aromatic N) is 3. The smallest absolute Gasteiger partial charge is 0.240 e. The maximum absolute atomic E-state index is 15.4. The van der Waals surface area contributed by atoms with E-state index in [0.717, 1.165) is 17.2 Å². The topological polar surface area (TPSA) is 67.2 Å². The van der Waals surface area contributed by atoms with Gasteiger partial charge in [0.2, 0.25) is 11.8 Å². The molecule has 0 spiro atoms. The van der Waals surface area contributed by atoms with Crippen LogP contribution in [0.1, 0.15) is 27.5 Å². The monoisotopic (exact) mass is 612 g/mol. The summed E-state index contributed by atoms with van der Waals surface area (Å²) in [6.07, 6.45) is 0. The fraction of sp³-hybridized carbons (Fsp3) is 0.147. The van der Waals surface area contributed by atoms with E-state index in [-0.39, 0.29) is 36.1 Å². The van der Waals surface area contributed by atoms with Gasteiger partial charge in [0.1, 0.15) is 29.8 Å². The van der Waals surface area contributed by atoms with Crippen LogP contribution in [-0.4, -0.2) is 33.9 Å². The number of carbonyl (C=O) groups is 2. The minimum Gasteiger partial charge on any atom is -0.350 e. The molecule has 0 saturated heterocycles. The van der Waals surface area contributed by atoms with Gasteiger partial charge in [0.25, 0.3) is 0 Å². The molecule has 1 aliphatic heterocycles. The summed E-state index contributed by atoms with van der Waals surface area (Å²) in [6.45, 7) is 1.73. The number of benzene rings is 4. The van der Waals surface area contributed by atoms with Crippen molar-refractivity contribution in [3.63, 3.8) is 0 Å². The summed E-state index contributed by atoms with van der Waals surface area (Å²) in [7, 11) is 0. The molecule has 1 N–H and O–H groups in total. The Kier molecular flexibility index (Phi) is 8.25. The third kappa shape index (κ3) is 5.98. The Morgan fingerprint density at radius 3 is 2.41 bits per heavy atom. The number of amides is 2. The van der Waals surface area contributed by atoms with E-state index in [4.69, 9.17) is 5.10 Å². The van der Waals surface area contributed by atoms with Crippen molar-refractivity contribution in [3.05, 3.63) is 137 Å². The standard InChI is InChI=1S/C34H27F3N4O2S/c1-21-6-5-9-26(16-21)41-34-31(32(39-41)23-7-3-2-4-8-23)33(27-15-14-25(36)17-28(27)37)44-20-30(43)40(34)19-29(42)38-18-22-10-12-24(35)13-11-22/h2-17,33H,18-20H2,1H3,(H,38,42). The maximum Gasteiger partial charge on any atom is 0.240 e. The van der Waals surface area contributed by atoms with Crippen LogP contribution in [0.5, 0.6) is 0 Å². The summed E-state index contributed by atoms with van der Waals surface area (Å²) < 4.78 is 44.4. The van der Waals surface area contributed by atoms with Gasteiger partial charge in [-0.25, -0.2) is 17.9 Å². The first kappa shape index (κ1) is 29.3. The largest absolute Gasteiger partial charge is 0.350 e. The van der Waals surface area contributed by atoms with Crippen molar-refractivity contribution in [1.82, 2.24) is 15.1 Å². The molecule has 0 radical (unpaired) electrons. The molecule has 0 saturated carbocycles. The highest BCUT2D eigenvalue weighted by Crippen LogP contribution is 2.49. The molecule has 0 fully saturated rings. The van der Waals surface area contributed by atoms with Gasteiger partial charge in [0.05, 0.1) is 22.4 Å². The molecule has 2 amide bonds. The molecule has 222 valence electrons. The SMILES string of the molecule is Cc1cccc(-n2nc(-c3ccccc3)c3c2N(CC(=O)NCc2ccc(F)cc2)C(=O)CSC3c2ccc(F)cc2F)c1.